The third-order valence-electron chi connectivity index (χ3n) is 1.86. The molecule has 1 atom stereocenters. The Kier molecular flexibility index (Phi) is 2.90. The number of allylic oxidation sites excluding steroid dienone is 1. The van der Waals surface area contributed by atoms with Gasteiger partial charge in [-0.25, -0.2) is 0 Å². The molecule has 0 saturated carbocycles. The van der Waals surface area contributed by atoms with Crippen LogP contribution in [0.25, 0.3) is 0 Å². The summed E-state index contributed by atoms with van der Waals surface area (Å²) in [5.41, 5.74) is -1.43. The second-order valence-electron chi connectivity index (χ2n) is 2.97. The highest BCUT2D eigenvalue weighted by Crippen LogP contribution is 2.33. The van der Waals surface area contributed by atoms with Crippen molar-refractivity contribution in [3.8, 4) is 0 Å². The summed E-state index contributed by atoms with van der Waals surface area (Å²) in [4.78, 5) is 26.2. The zero-order valence-electron chi connectivity index (χ0n) is 7.53. The fourth-order valence-electron chi connectivity index (χ4n) is 1.13. The minimum Gasteiger partial charge on any atom is -0.262 e. The summed E-state index contributed by atoms with van der Waals surface area (Å²) in [5.74, 6) is 0. The van der Waals surface area contributed by atoms with Gasteiger partial charge in [0.15, 0.2) is 0 Å². The average molecular weight is 250 g/mol. The molecule has 10 heteroatoms. The summed E-state index contributed by atoms with van der Waals surface area (Å²) in [6.45, 7) is 0. The summed E-state index contributed by atoms with van der Waals surface area (Å²) >= 11 is 5.46. The maximum Gasteiger partial charge on any atom is 0.330 e. The van der Waals surface area contributed by atoms with Gasteiger partial charge < -0.3 is 0 Å². The third kappa shape index (κ3) is 2.14. The van der Waals surface area contributed by atoms with Crippen LogP contribution in [-0.4, -0.2) is 19.8 Å². The largest absolute Gasteiger partial charge is 0.330 e. The highest BCUT2D eigenvalue weighted by atomic mass is 35.5. The first kappa shape index (κ1) is 12.0. The van der Waals surface area contributed by atoms with Crippen molar-refractivity contribution in [1.29, 1.82) is 0 Å². The molecule has 9 nitrogen and oxygen atoms in total. The van der Waals surface area contributed by atoms with Gasteiger partial charge in [0.25, 0.3) is 11.4 Å². The smallest absolute Gasteiger partial charge is 0.262 e. The summed E-state index contributed by atoms with van der Waals surface area (Å²) in [5, 5.41) is 31.4. The second kappa shape index (κ2) is 3.85. The van der Waals surface area contributed by atoms with Gasteiger partial charge in [0, 0.05) is 4.92 Å². The molecule has 1 aliphatic rings. The third-order valence-corrected chi connectivity index (χ3v) is 2.24. The maximum absolute atomic E-state index is 10.6. The van der Waals surface area contributed by atoms with Crippen LogP contribution in [0.15, 0.2) is 23.5 Å². The van der Waals surface area contributed by atoms with Gasteiger partial charge in [-0.3, -0.25) is 30.3 Å². The number of rotatable bonds is 3. The van der Waals surface area contributed by atoms with E-state index >= 15 is 0 Å². The number of alkyl halides is 1. The Balaban J connectivity index is 3.25. The highest BCUT2D eigenvalue weighted by molar-refractivity contribution is 6.24. The van der Waals surface area contributed by atoms with E-state index in [2.05, 4.69) is 0 Å². The zero-order valence-corrected chi connectivity index (χ0v) is 8.29. The molecule has 0 saturated heterocycles. The van der Waals surface area contributed by atoms with E-state index in [1.807, 2.05) is 0 Å². The van der Waals surface area contributed by atoms with Gasteiger partial charge in [-0.1, -0.05) is 0 Å². The standard InChI is InChI=1S/C6H4ClN3O6/c7-6(10(15)16)2-4(8(11)12)1-5(3-6)9(13)14/h1-2H,3H2. The highest BCUT2D eigenvalue weighted by Gasteiger charge is 2.48. The molecule has 1 unspecified atom stereocenters. The van der Waals surface area contributed by atoms with Crippen LogP contribution in [0.1, 0.15) is 6.42 Å². The molecule has 0 aliphatic heterocycles. The van der Waals surface area contributed by atoms with Gasteiger partial charge >= 0.3 is 5.00 Å². The maximum atomic E-state index is 10.6. The van der Waals surface area contributed by atoms with Crippen LogP contribution in [0.4, 0.5) is 0 Å². The van der Waals surface area contributed by atoms with E-state index in [4.69, 9.17) is 11.6 Å². The molecule has 0 aromatic heterocycles. The number of nitrogens with zero attached hydrogens (tertiary/aromatic N) is 3. The van der Waals surface area contributed by atoms with E-state index in [1.165, 1.54) is 0 Å². The molecule has 0 N–H and O–H groups in total. The second-order valence-corrected chi connectivity index (χ2v) is 3.63. The normalized spacial score (nSPS) is 24.3. The molecule has 0 aromatic rings. The van der Waals surface area contributed by atoms with E-state index in [0.29, 0.717) is 12.2 Å². The SMILES string of the molecule is O=[N+]([O-])C1=CC(Cl)([N+](=O)[O-])CC([N+](=O)[O-])=C1. The summed E-state index contributed by atoms with van der Waals surface area (Å²) < 4.78 is 0. The van der Waals surface area contributed by atoms with E-state index in [-0.39, 0.29) is 0 Å². The lowest BCUT2D eigenvalue weighted by Gasteiger charge is -2.14. The number of halogens is 1. The van der Waals surface area contributed by atoms with E-state index in [1.54, 1.807) is 0 Å². The molecule has 0 fully saturated rings. The van der Waals surface area contributed by atoms with Crippen LogP contribution >= 0.6 is 11.6 Å². The molecule has 0 spiro atoms. The van der Waals surface area contributed by atoms with Crippen LogP contribution in [0, 0.1) is 30.3 Å². The lowest BCUT2D eigenvalue weighted by atomic mass is 10.0. The molecule has 0 amide bonds. The monoisotopic (exact) mass is 249 g/mol. The molecule has 1 aliphatic carbocycles. The molecule has 1 rings (SSSR count). The van der Waals surface area contributed by atoms with Crippen LogP contribution in [0.3, 0.4) is 0 Å². The Hall–Kier alpha value is -2.03. The molecular weight excluding hydrogens is 246 g/mol. The average Bonchev–Trinajstić information content (AvgIpc) is 2.16. The number of hydrogen-bond acceptors (Lipinski definition) is 6. The topological polar surface area (TPSA) is 129 Å². The van der Waals surface area contributed by atoms with Crippen LogP contribution in [-0.2, 0) is 0 Å². The first-order valence-corrected chi connectivity index (χ1v) is 4.20. The van der Waals surface area contributed by atoms with Crippen molar-refractivity contribution in [2.75, 3.05) is 0 Å². The van der Waals surface area contributed by atoms with E-state index in [9.17, 15) is 30.3 Å². The van der Waals surface area contributed by atoms with Crippen molar-refractivity contribution < 1.29 is 14.8 Å². The van der Waals surface area contributed by atoms with Gasteiger partial charge in [0.05, 0.1) is 22.0 Å². The number of nitro groups is 3. The zero-order chi connectivity index (χ0) is 12.5. The van der Waals surface area contributed by atoms with Crippen molar-refractivity contribution in [2.45, 2.75) is 11.4 Å². The molecule has 86 valence electrons. The lowest BCUT2D eigenvalue weighted by Crippen LogP contribution is -2.34. The minimum atomic E-state index is -2.33. The Morgan fingerprint density at radius 2 is 1.75 bits per heavy atom. The van der Waals surface area contributed by atoms with E-state index < -0.39 is 37.6 Å². The van der Waals surface area contributed by atoms with Gasteiger partial charge in [0.1, 0.15) is 6.42 Å². The predicted octanol–water partition coefficient (Wildman–Crippen LogP) is 0.923. The minimum absolute atomic E-state index is 0.585. The van der Waals surface area contributed by atoms with Gasteiger partial charge in [0.2, 0.25) is 0 Å². The Morgan fingerprint density at radius 1 is 1.19 bits per heavy atom. The van der Waals surface area contributed by atoms with Crippen molar-refractivity contribution in [3.05, 3.63) is 53.9 Å². The van der Waals surface area contributed by atoms with Gasteiger partial charge in [-0.15, -0.1) is 0 Å². The van der Waals surface area contributed by atoms with Crippen LogP contribution in [0.5, 0.6) is 0 Å². The molecule has 16 heavy (non-hydrogen) atoms. The molecule has 0 aromatic carbocycles. The lowest BCUT2D eigenvalue weighted by molar-refractivity contribution is -0.538. The quantitative estimate of drug-likeness (QED) is 0.316. The number of hydrogen-bond donors (Lipinski definition) is 0. The molecule has 0 heterocycles. The fourth-order valence-corrected chi connectivity index (χ4v) is 1.38. The van der Waals surface area contributed by atoms with Gasteiger partial charge in [-0.2, -0.15) is 0 Å². The van der Waals surface area contributed by atoms with E-state index in [0.717, 1.165) is 0 Å². The molecular formula is C6H4ClN3O6. The Bertz CT molecular complexity index is 444. The van der Waals surface area contributed by atoms with Gasteiger partial charge in [-0.05, 0) is 11.6 Å². The summed E-state index contributed by atoms with van der Waals surface area (Å²) in [7, 11) is 0. The summed E-state index contributed by atoms with van der Waals surface area (Å²) in [6, 6.07) is 0. The van der Waals surface area contributed by atoms with Crippen molar-refractivity contribution in [3.63, 3.8) is 0 Å². The van der Waals surface area contributed by atoms with Crippen molar-refractivity contribution >= 4 is 11.6 Å². The Labute approximate surface area is 92.4 Å². The molecule has 0 radical (unpaired) electrons. The van der Waals surface area contributed by atoms with Crippen LogP contribution < -0.4 is 0 Å². The van der Waals surface area contributed by atoms with Crippen LogP contribution in [0.2, 0.25) is 0 Å². The fraction of sp³-hybridized carbons (Fsp3) is 0.333. The first-order valence-electron chi connectivity index (χ1n) is 3.82. The van der Waals surface area contributed by atoms with Crippen molar-refractivity contribution in [1.82, 2.24) is 0 Å². The summed E-state index contributed by atoms with van der Waals surface area (Å²) in [6.07, 6.45) is 0.539. The first-order chi connectivity index (χ1) is 7.26. The Morgan fingerprint density at radius 3 is 2.12 bits per heavy atom. The molecule has 0 bridgehead atoms. The van der Waals surface area contributed by atoms with Crippen molar-refractivity contribution in [2.24, 2.45) is 0 Å². The predicted molar refractivity (Wildman–Crippen MR) is 50.4 cm³/mol.